The topological polar surface area (TPSA) is 73.9 Å². The van der Waals surface area contributed by atoms with Gasteiger partial charge in [-0.05, 0) is 65.4 Å². The van der Waals surface area contributed by atoms with Crippen molar-refractivity contribution in [2.24, 2.45) is 0 Å². The van der Waals surface area contributed by atoms with Crippen LogP contribution in [-0.2, 0) is 10.0 Å². The Morgan fingerprint density at radius 2 is 1.44 bits per heavy atom. The van der Waals surface area contributed by atoms with Gasteiger partial charge in [-0.15, -0.1) is 0 Å². The van der Waals surface area contributed by atoms with Crippen LogP contribution >= 0.6 is 11.6 Å². The van der Waals surface area contributed by atoms with Crippen molar-refractivity contribution >= 4 is 38.1 Å². The van der Waals surface area contributed by atoms with Gasteiger partial charge < -0.3 is 14.2 Å². The molecule has 0 radical (unpaired) electrons. The molecule has 0 aliphatic heterocycles. The van der Waals surface area contributed by atoms with E-state index in [0.29, 0.717) is 28.0 Å². The van der Waals surface area contributed by atoms with E-state index in [0.717, 1.165) is 10.8 Å². The quantitative estimate of drug-likeness (QED) is 0.354. The predicted octanol–water partition coefficient (Wildman–Crippen LogP) is 6.10. The van der Waals surface area contributed by atoms with Crippen LogP contribution < -0.4 is 18.9 Å². The van der Waals surface area contributed by atoms with Crippen LogP contribution in [-0.4, -0.2) is 22.6 Å². The molecule has 0 unspecified atom stereocenters. The standard InChI is InChI=1S/C24H20ClNO5S/c1-29-19-4-3-5-21(15-19)31-24-11-8-18(25)14-23(24)26-32(27,28)22-10-7-16-12-20(30-2)9-6-17(16)13-22/h3-15,26H,1-2H3. The Morgan fingerprint density at radius 3 is 2.22 bits per heavy atom. The number of ether oxygens (including phenoxy) is 3. The summed E-state index contributed by atoms with van der Waals surface area (Å²) in [5.74, 6) is 2.11. The van der Waals surface area contributed by atoms with Crippen LogP contribution in [0.15, 0.2) is 83.8 Å². The van der Waals surface area contributed by atoms with Crippen LogP contribution in [0.4, 0.5) is 5.69 Å². The lowest BCUT2D eigenvalue weighted by atomic mass is 10.1. The van der Waals surface area contributed by atoms with Crippen molar-refractivity contribution in [3.8, 4) is 23.0 Å². The van der Waals surface area contributed by atoms with Crippen LogP contribution in [0.5, 0.6) is 23.0 Å². The van der Waals surface area contributed by atoms with E-state index in [2.05, 4.69) is 4.72 Å². The molecule has 0 amide bonds. The summed E-state index contributed by atoms with van der Waals surface area (Å²) in [6, 6.07) is 22.0. The van der Waals surface area contributed by atoms with Gasteiger partial charge in [-0.25, -0.2) is 8.42 Å². The van der Waals surface area contributed by atoms with Gasteiger partial charge in [0.25, 0.3) is 10.0 Å². The highest BCUT2D eigenvalue weighted by molar-refractivity contribution is 7.92. The molecule has 164 valence electrons. The van der Waals surface area contributed by atoms with E-state index in [1.807, 2.05) is 12.1 Å². The first kappa shape index (κ1) is 21.8. The summed E-state index contributed by atoms with van der Waals surface area (Å²) in [4.78, 5) is 0.113. The van der Waals surface area contributed by atoms with Gasteiger partial charge in [-0.1, -0.05) is 29.8 Å². The lowest BCUT2D eigenvalue weighted by Crippen LogP contribution is -2.13. The summed E-state index contributed by atoms with van der Waals surface area (Å²) in [5.41, 5.74) is 0.218. The van der Waals surface area contributed by atoms with Gasteiger partial charge in [-0.3, -0.25) is 4.72 Å². The third-order valence-electron chi connectivity index (χ3n) is 4.78. The zero-order chi connectivity index (χ0) is 22.7. The van der Waals surface area contributed by atoms with E-state index in [-0.39, 0.29) is 10.6 Å². The van der Waals surface area contributed by atoms with Crippen molar-refractivity contribution in [3.63, 3.8) is 0 Å². The number of halogens is 1. The number of benzene rings is 4. The van der Waals surface area contributed by atoms with Crippen molar-refractivity contribution in [1.29, 1.82) is 0 Å². The Bertz CT molecular complexity index is 1390. The highest BCUT2D eigenvalue weighted by Crippen LogP contribution is 2.35. The molecule has 0 aromatic heterocycles. The maximum atomic E-state index is 13.1. The molecular formula is C24H20ClNO5S. The molecule has 6 nitrogen and oxygen atoms in total. The first-order valence-electron chi connectivity index (χ1n) is 9.60. The number of hydrogen-bond donors (Lipinski definition) is 1. The minimum Gasteiger partial charge on any atom is -0.497 e. The van der Waals surface area contributed by atoms with Crippen LogP contribution in [0.25, 0.3) is 10.8 Å². The smallest absolute Gasteiger partial charge is 0.262 e. The number of nitrogens with one attached hydrogen (secondary N) is 1. The van der Waals surface area contributed by atoms with E-state index in [1.165, 1.54) is 12.1 Å². The first-order chi connectivity index (χ1) is 15.4. The second-order valence-corrected chi connectivity index (χ2v) is 9.02. The number of fused-ring (bicyclic) bond motifs is 1. The fourth-order valence-electron chi connectivity index (χ4n) is 3.16. The van der Waals surface area contributed by atoms with E-state index < -0.39 is 10.0 Å². The molecule has 4 aromatic carbocycles. The van der Waals surface area contributed by atoms with Crippen LogP contribution in [0.1, 0.15) is 0 Å². The molecule has 32 heavy (non-hydrogen) atoms. The third kappa shape index (κ3) is 4.74. The van der Waals surface area contributed by atoms with E-state index >= 15 is 0 Å². The first-order valence-corrected chi connectivity index (χ1v) is 11.5. The van der Waals surface area contributed by atoms with Crippen molar-refractivity contribution in [1.82, 2.24) is 0 Å². The minimum absolute atomic E-state index is 0.113. The summed E-state index contributed by atoms with van der Waals surface area (Å²) in [5, 5.41) is 2.01. The van der Waals surface area contributed by atoms with Crippen molar-refractivity contribution in [2.75, 3.05) is 18.9 Å². The van der Waals surface area contributed by atoms with Gasteiger partial charge in [0.1, 0.15) is 17.2 Å². The predicted molar refractivity (Wildman–Crippen MR) is 126 cm³/mol. The van der Waals surface area contributed by atoms with Gasteiger partial charge in [-0.2, -0.15) is 0 Å². The van der Waals surface area contributed by atoms with Gasteiger partial charge in [0.2, 0.25) is 0 Å². The molecule has 0 bridgehead atoms. The van der Waals surface area contributed by atoms with Crippen molar-refractivity contribution in [3.05, 3.63) is 83.9 Å². The summed E-state index contributed by atoms with van der Waals surface area (Å²) >= 11 is 6.13. The van der Waals surface area contributed by atoms with Crippen molar-refractivity contribution in [2.45, 2.75) is 4.90 Å². The highest BCUT2D eigenvalue weighted by atomic mass is 35.5. The Hall–Kier alpha value is -3.42. The molecule has 0 heterocycles. The highest BCUT2D eigenvalue weighted by Gasteiger charge is 2.18. The van der Waals surface area contributed by atoms with E-state index in [4.69, 9.17) is 25.8 Å². The van der Waals surface area contributed by atoms with Gasteiger partial charge >= 0.3 is 0 Å². The number of methoxy groups -OCH3 is 2. The number of sulfonamides is 1. The Kier molecular flexibility index (Phi) is 6.12. The van der Waals surface area contributed by atoms with E-state index in [9.17, 15) is 8.42 Å². The van der Waals surface area contributed by atoms with Crippen LogP contribution in [0.2, 0.25) is 5.02 Å². The van der Waals surface area contributed by atoms with Crippen molar-refractivity contribution < 1.29 is 22.6 Å². The molecule has 4 aromatic rings. The maximum absolute atomic E-state index is 13.1. The summed E-state index contributed by atoms with van der Waals surface area (Å²) in [6.07, 6.45) is 0. The lowest BCUT2D eigenvalue weighted by molar-refractivity contribution is 0.409. The Labute approximate surface area is 191 Å². The second-order valence-electron chi connectivity index (χ2n) is 6.90. The van der Waals surface area contributed by atoms with Gasteiger partial charge in [0.05, 0.1) is 24.8 Å². The minimum atomic E-state index is -3.91. The van der Waals surface area contributed by atoms with Crippen LogP contribution in [0, 0.1) is 0 Å². The average molecular weight is 470 g/mol. The zero-order valence-corrected chi connectivity index (χ0v) is 18.9. The SMILES string of the molecule is COc1cccc(Oc2ccc(Cl)cc2NS(=O)(=O)c2ccc3cc(OC)ccc3c2)c1. The van der Waals surface area contributed by atoms with Gasteiger partial charge in [0.15, 0.2) is 5.75 Å². The average Bonchev–Trinajstić information content (AvgIpc) is 2.80. The third-order valence-corrected chi connectivity index (χ3v) is 6.38. The van der Waals surface area contributed by atoms with E-state index in [1.54, 1.807) is 68.8 Å². The molecule has 0 atom stereocenters. The fourth-order valence-corrected chi connectivity index (χ4v) is 4.43. The zero-order valence-electron chi connectivity index (χ0n) is 17.3. The monoisotopic (exact) mass is 469 g/mol. The largest absolute Gasteiger partial charge is 0.497 e. The molecule has 0 aliphatic carbocycles. The summed E-state index contributed by atoms with van der Waals surface area (Å²) in [7, 11) is -0.770. The van der Waals surface area contributed by atoms with Gasteiger partial charge in [0, 0.05) is 11.1 Å². The fraction of sp³-hybridized carbons (Fsp3) is 0.0833. The molecule has 0 saturated heterocycles. The number of rotatable bonds is 7. The molecule has 0 saturated carbocycles. The second kappa shape index (κ2) is 8.98. The molecule has 0 spiro atoms. The normalized spacial score (nSPS) is 11.2. The van der Waals surface area contributed by atoms with Crippen LogP contribution in [0.3, 0.4) is 0 Å². The molecule has 0 fully saturated rings. The molecule has 4 rings (SSSR count). The number of hydrogen-bond acceptors (Lipinski definition) is 5. The molecular weight excluding hydrogens is 450 g/mol. The summed E-state index contributed by atoms with van der Waals surface area (Å²) in [6.45, 7) is 0. The number of anilines is 1. The maximum Gasteiger partial charge on any atom is 0.262 e. The molecule has 1 N–H and O–H groups in total. The molecule has 8 heteroatoms. The Balaban J connectivity index is 1.66. The molecule has 0 aliphatic rings. The summed E-state index contributed by atoms with van der Waals surface area (Å²) < 4.78 is 45.2. The lowest BCUT2D eigenvalue weighted by Gasteiger charge is -2.15. The Morgan fingerprint density at radius 1 is 0.750 bits per heavy atom.